The Morgan fingerprint density at radius 3 is 2.55 bits per heavy atom. The lowest BCUT2D eigenvalue weighted by Gasteiger charge is -2.42. The summed E-state index contributed by atoms with van der Waals surface area (Å²) in [6, 6.07) is 7.75. The van der Waals surface area contributed by atoms with Crippen molar-refractivity contribution in [2.75, 3.05) is 31.1 Å². The predicted molar refractivity (Wildman–Crippen MR) is 116 cm³/mol. The van der Waals surface area contributed by atoms with Gasteiger partial charge in [0.2, 0.25) is 5.91 Å². The lowest BCUT2D eigenvalue weighted by Crippen LogP contribution is -2.56. The first-order valence-corrected chi connectivity index (χ1v) is 9.66. The molecule has 9 heteroatoms. The van der Waals surface area contributed by atoms with Gasteiger partial charge in [-0.05, 0) is 44.2 Å². The smallest absolute Gasteiger partial charge is 0.237 e. The van der Waals surface area contributed by atoms with Gasteiger partial charge in [0.05, 0.1) is 18.2 Å². The minimum absolute atomic E-state index is 0. The van der Waals surface area contributed by atoms with E-state index in [1.807, 2.05) is 6.07 Å². The summed E-state index contributed by atoms with van der Waals surface area (Å²) in [5.41, 5.74) is 0.511. The van der Waals surface area contributed by atoms with E-state index in [9.17, 15) is 10.1 Å². The van der Waals surface area contributed by atoms with Crippen LogP contribution in [0.1, 0.15) is 44.6 Å². The number of likely N-dealkylation sites (tertiary alicyclic amines) is 1. The number of halogens is 2. The van der Waals surface area contributed by atoms with Gasteiger partial charge < -0.3 is 15.1 Å². The molecule has 1 amide bonds. The second kappa shape index (κ2) is 11.2. The molecule has 2 aliphatic rings. The number of aromatic nitrogens is 1. The van der Waals surface area contributed by atoms with Crippen molar-refractivity contribution < 1.29 is 4.79 Å². The average Bonchev–Trinajstić information content (AvgIpc) is 3.21. The van der Waals surface area contributed by atoms with Gasteiger partial charge in [0.1, 0.15) is 17.9 Å². The first-order chi connectivity index (χ1) is 13.1. The van der Waals surface area contributed by atoms with Crippen molar-refractivity contribution in [3.63, 3.8) is 0 Å². The Morgan fingerprint density at radius 2 is 2.00 bits per heavy atom. The Morgan fingerprint density at radius 1 is 1.28 bits per heavy atom. The van der Waals surface area contributed by atoms with E-state index in [2.05, 4.69) is 34.3 Å². The second-order valence-corrected chi connectivity index (χ2v) is 7.37. The van der Waals surface area contributed by atoms with Gasteiger partial charge in [-0.3, -0.25) is 4.79 Å². The summed E-state index contributed by atoms with van der Waals surface area (Å²) in [4.78, 5) is 20.9. The molecule has 2 fully saturated rings. The molecule has 3 rings (SSSR count). The molecule has 29 heavy (non-hydrogen) atoms. The molecular weight excluding hydrogens is 411 g/mol. The highest BCUT2D eigenvalue weighted by Crippen LogP contribution is 2.28. The fourth-order valence-corrected chi connectivity index (χ4v) is 4.02. The van der Waals surface area contributed by atoms with Crippen molar-refractivity contribution in [3.8, 4) is 12.1 Å². The largest absolute Gasteiger partial charge is 0.356 e. The average molecular weight is 439 g/mol. The maximum Gasteiger partial charge on any atom is 0.237 e. The molecule has 2 saturated heterocycles. The topological polar surface area (TPSA) is 96.0 Å². The lowest BCUT2D eigenvalue weighted by atomic mass is 9.85. The van der Waals surface area contributed by atoms with E-state index in [0.29, 0.717) is 18.7 Å². The van der Waals surface area contributed by atoms with Crippen LogP contribution in [-0.4, -0.2) is 53.6 Å². The number of carbonyl (C=O) groups excluding carboxylic acids is 1. The van der Waals surface area contributed by atoms with Crippen LogP contribution in [0.4, 0.5) is 5.82 Å². The van der Waals surface area contributed by atoms with Gasteiger partial charge >= 0.3 is 0 Å². The fraction of sp³-hybridized carbons (Fsp3) is 0.600. The predicted octanol–water partition coefficient (Wildman–Crippen LogP) is 2.65. The molecule has 0 aromatic carbocycles. The third kappa shape index (κ3) is 5.73. The maximum atomic E-state index is 12.5. The number of amides is 1. The number of nitrogens with one attached hydrogen (secondary N) is 1. The van der Waals surface area contributed by atoms with Gasteiger partial charge in [-0.1, -0.05) is 6.92 Å². The van der Waals surface area contributed by atoms with Crippen molar-refractivity contribution >= 4 is 36.5 Å². The molecule has 0 bridgehead atoms. The van der Waals surface area contributed by atoms with Crippen LogP contribution in [-0.2, 0) is 4.79 Å². The summed E-state index contributed by atoms with van der Waals surface area (Å²) < 4.78 is 0. The Labute approximate surface area is 184 Å². The van der Waals surface area contributed by atoms with Gasteiger partial charge in [-0.2, -0.15) is 10.5 Å². The van der Waals surface area contributed by atoms with E-state index in [-0.39, 0.29) is 42.3 Å². The van der Waals surface area contributed by atoms with Crippen LogP contribution < -0.4 is 10.2 Å². The van der Waals surface area contributed by atoms with Gasteiger partial charge in [0.15, 0.2) is 0 Å². The summed E-state index contributed by atoms with van der Waals surface area (Å²) in [7, 11) is 0. The number of hydrogen-bond donors (Lipinski definition) is 1. The SMILES string of the molecule is CCC1(NCC(=O)N2CCC[C@H]2C#N)CCN(c2ccc(C#N)cn2)CC1.Cl.Cl. The molecule has 0 unspecified atom stereocenters. The second-order valence-electron chi connectivity index (χ2n) is 7.37. The third-order valence-corrected chi connectivity index (χ3v) is 5.94. The van der Waals surface area contributed by atoms with Crippen LogP contribution >= 0.6 is 24.8 Å². The standard InChI is InChI=1S/C20H26N6O.2ClH/c1-2-20(24-15-19(27)26-9-3-4-17(26)13-22)7-10-25(11-8-20)18-6-5-16(12-21)14-23-18;;/h5-6,14,17,24H,2-4,7-11,15H2,1H3;2*1H/t17-;;/m0../s1. The number of piperidine rings is 1. The van der Waals surface area contributed by atoms with Gasteiger partial charge in [-0.25, -0.2) is 4.98 Å². The zero-order valence-electron chi connectivity index (χ0n) is 16.6. The number of nitriles is 2. The van der Waals surface area contributed by atoms with E-state index < -0.39 is 0 Å². The minimum Gasteiger partial charge on any atom is -0.356 e. The van der Waals surface area contributed by atoms with Crippen LogP contribution in [0, 0.1) is 22.7 Å². The van der Waals surface area contributed by atoms with E-state index in [4.69, 9.17) is 5.26 Å². The van der Waals surface area contributed by atoms with E-state index in [1.54, 1.807) is 17.2 Å². The Balaban J connectivity index is 0.00000210. The van der Waals surface area contributed by atoms with E-state index in [1.165, 1.54) is 0 Å². The van der Waals surface area contributed by atoms with Crippen LogP contribution in [0.15, 0.2) is 18.3 Å². The van der Waals surface area contributed by atoms with Crippen LogP contribution in [0.25, 0.3) is 0 Å². The highest BCUT2D eigenvalue weighted by Gasteiger charge is 2.35. The molecule has 1 aromatic rings. The monoisotopic (exact) mass is 438 g/mol. The van der Waals surface area contributed by atoms with Crippen LogP contribution in [0.2, 0.25) is 0 Å². The van der Waals surface area contributed by atoms with Crippen molar-refractivity contribution in [3.05, 3.63) is 23.9 Å². The van der Waals surface area contributed by atoms with Crippen molar-refractivity contribution in [1.29, 1.82) is 10.5 Å². The minimum atomic E-state index is -0.263. The molecule has 3 heterocycles. The zero-order chi connectivity index (χ0) is 19.3. The molecule has 2 aliphatic heterocycles. The maximum absolute atomic E-state index is 12.5. The summed E-state index contributed by atoms with van der Waals surface area (Å²) >= 11 is 0. The highest BCUT2D eigenvalue weighted by molar-refractivity contribution is 5.85. The van der Waals surface area contributed by atoms with Gasteiger partial charge in [-0.15, -0.1) is 24.8 Å². The molecule has 1 N–H and O–H groups in total. The molecule has 0 radical (unpaired) electrons. The molecule has 0 aliphatic carbocycles. The Bertz CT molecular complexity index is 750. The number of carbonyl (C=O) groups is 1. The normalized spacial score (nSPS) is 20.0. The molecule has 0 saturated carbocycles. The van der Waals surface area contributed by atoms with Gasteiger partial charge in [0, 0.05) is 31.4 Å². The summed E-state index contributed by atoms with van der Waals surface area (Å²) in [6.45, 7) is 4.86. The summed E-state index contributed by atoms with van der Waals surface area (Å²) in [5, 5.41) is 21.6. The zero-order valence-corrected chi connectivity index (χ0v) is 18.3. The molecule has 158 valence electrons. The van der Waals surface area contributed by atoms with Crippen LogP contribution in [0.5, 0.6) is 0 Å². The molecule has 1 atom stereocenters. The quantitative estimate of drug-likeness (QED) is 0.758. The highest BCUT2D eigenvalue weighted by atomic mass is 35.5. The fourth-order valence-electron chi connectivity index (χ4n) is 4.02. The number of anilines is 1. The number of pyridine rings is 1. The Hall–Kier alpha value is -2.06. The summed E-state index contributed by atoms with van der Waals surface area (Å²) in [5.74, 6) is 0.923. The van der Waals surface area contributed by atoms with E-state index in [0.717, 1.165) is 51.0 Å². The van der Waals surface area contributed by atoms with Gasteiger partial charge in [0.25, 0.3) is 0 Å². The molecule has 7 nitrogen and oxygen atoms in total. The first kappa shape index (κ1) is 25.0. The first-order valence-electron chi connectivity index (χ1n) is 9.66. The molecule has 0 spiro atoms. The number of nitrogens with zero attached hydrogens (tertiary/aromatic N) is 5. The van der Waals surface area contributed by atoms with Crippen molar-refractivity contribution in [2.45, 2.75) is 50.6 Å². The van der Waals surface area contributed by atoms with Crippen molar-refractivity contribution in [2.24, 2.45) is 0 Å². The Kier molecular flexibility index (Phi) is 9.65. The van der Waals surface area contributed by atoms with Crippen molar-refractivity contribution in [1.82, 2.24) is 15.2 Å². The number of rotatable bonds is 5. The van der Waals surface area contributed by atoms with E-state index >= 15 is 0 Å². The molecular formula is C20H28Cl2N6O. The summed E-state index contributed by atoms with van der Waals surface area (Å²) in [6.07, 6.45) is 6.12. The lowest BCUT2D eigenvalue weighted by molar-refractivity contribution is -0.130. The number of hydrogen-bond acceptors (Lipinski definition) is 6. The van der Waals surface area contributed by atoms with Crippen LogP contribution in [0.3, 0.4) is 0 Å². The molecule has 1 aromatic heterocycles. The third-order valence-electron chi connectivity index (χ3n) is 5.94.